The van der Waals surface area contributed by atoms with Crippen molar-refractivity contribution >= 4 is 0 Å². The second kappa shape index (κ2) is 2.08. The zero-order chi connectivity index (χ0) is 6.15. The highest BCUT2D eigenvalue weighted by molar-refractivity contribution is 4.97. The summed E-state index contributed by atoms with van der Waals surface area (Å²) < 4.78 is 0. The van der Waals surface area contributed by atoms with Gasteiger partial charge in [-0.25, -0.2) is 0 Å². The molecule has 1 aliphatic rings. The Morgan fingerprint density at radius 2 is 1.88 bits per heavy atom. The van der Waals surface area contributed by atoms with Gasteiger partial charge in [-0.05, 0) is 30.6 Å². The Morgan fingerprint density at radius 3 is 2.00 bits per heavy atom. The average Bonchev–Trinajstić information content (AvgIpc) is 2.43. The molecule has 1 aliphatic carbocycles. The molecule has 0 nitrogen and oxygen atoms in total. The van der Waals surface area contributed by atoms with Crippen molar-refractivity contribution in [1.29, 1.82) is 0 Å². The summed E-state index contributed by atoms with van der Waals surface area (Å²) >= 11 is 0. The van der Waals surface area contributed by atoms with Crippen molar-refractivity contribution in [3.05, 3.63) is 6.42 Å². The van der Waals surface area contributed by atoms with E-state index in [1.807, 2.05) is 0 Å². The highest BCUT2D eigenvalue weighted by atomic mass is 14.3. The molecule has 8 heavy (non-hydrogen) atoms. The summed E-state index contributed by atoms with van der Waals surface area (Å²) in [5.74, 6) is 2.77. The largest absolute Gasteiger partial charge is 0.0625 e. The van der Waals surface area contributed by atoms with Gasteiger partial charge in [-0.2, -0.15) is 0 Å². The fourth-order valence-corrected chi connectivity index (χ4v) is 1.00. The van der Waals surface area contributed by atoms with E-state index in [0.29, 0.717) is 0 Å². The zero-order valence-electron chi connectivity index (χ0n) is 6.02. The first-order valence-corrected chi connectivity index (χ1v) is 3.55. The number of hydrogen-bond acceptors (Lipinski definition) is 0. The Kier molecular flexibility index (Phi) is 1.59. The highest BCUT2D eigenvalue weighted by Crippen LogP contribution is 2.38. The summed E-state index contributed by atoms with van der Waals surface area (Å²) in [6.07, 6.45) is 3.78. The number of rotatable bonds is 2. The second-order valence-corrected chi connectivity index (χ2v) is 3.24. The lowest BCUT2D eigenvalue weighted by molar-refractivity contribution is 0.381. The van der Waals surface area contributed by atoms with Crippen LogP contribution in [0.4, 0.5) is 0 Å². The lowest BCUT2D eigenvalue weighted by Gasteiger charge is -2.12. The van der Waals surface area contributed by atoms with Gasteiger partial charge in [-0.3, -0.25) is 0 Å². The van der Waals surface area contributed by atoms with Crippen LogP contribution in [0.15, 0.2) is 0 Å². The van der Waals surface area contributed by atoms with Gasteiger partial charge in [0.05, 0.1) is 0 Å². The first-order valence-electron chi connectivity index (χ1n) is 3.55. The van der Waals surface area contributed by atoms with E-state index in [1.165, 1.54) is 6.42 Å². The molecule has 2 atom stereocenters. The van der Waals surface area contributed by atoms with Crippen LogP contribution in [0, 0.1) is 24.2 Å². The van der Waals surface area contributed by atoms with Gasteiger partial charge in [-0.15, -0.1) is 0 Å². The van der Waals surface area contributed by atoms with Crippen LogP contribution in [0.2, 0.25) is 0 Å². The standard InChI is InChI=1S/C8H15/c1-6(2)7(3)8-4-5-8/h4,6-8H,5H2,1-3H3. The predicted octanol–water partition coefficient (Wildman–Crippen LogP) is 2.50. The van der Waals surface area contributed by atoms with Gasteiger partial charge >= 0.3 is 0 Å². The van der Waals surface area contributed by atoms with Crippen molar-refractivity contribution < 1.29 is 0 Å². The van der Waals surface area contributed by atoms with Crippen LogP contribution >= 0.6 is 0 Å². The Hall–Kier alpha value is 0. The van der Waals surface area contributed by atoms with Crippen molar-refractivity contribution in [3.63, 3.8) is 0 Å². The number of hydrogen-bond donors (Lipinski definition) is 0. The maximum atomic E-state index is 2.41. The molecular weight excluding hydrogens is 96.1 g/mol. The van der Waals surface area contributed by atoms with Crippen molar-refractivity contribution in [2.75, 3.05) is 0 Å². The van der Waals surface area contributed by atoms with Crippen LogP contribution < -0.4 is 0 Å². The van der Waals surface area contributed by atoms with Crippen LogP contribution in [-0.2, 0) is 0 Å². The van der Waals surface area contributed by atoms with Crippen LogP contribution in [0.3, 0.4) is 0 Å². The van der Waals surface area contributed by atoms with Gasteiger partial charge in [0, 0.05) is 0 Å². The molecule has 1 rings (SSSR count). The van der Waals surface area contributed by atoms with E-state index in [1.54, 1.807) is 0 Å². The molecule has 0 spiro atoms. The van der Waals surface area contributed by atoms with Gasteiger partial charge in [0.15, 0.2) is 0 Å². The fraction of sp³-hybridized carbons (Fsp3) is 0.875. The molecule has 0 saturated heterocycles. The van der Waals surface area contributed by atoms with Crippen molar-refractivity contribution in [3.8, 4) is 0 Å². The summed E-state index contributed by atoms with van der Waals surface area (Å²) in [5, 5.41) is 0. The SMILES string of the molecule is CC(C)C(C)C1[CH]C1. The summed E-state index contributed by atoms with van der Waals surface area (Å²) in [4.78, 5) is 0. The second-order valence-electron chi connectivity index (χ2n) is 3.24. The van der Waals surface area contributed by atoms with E-state index in [9.17, 15) is 0 Å². The molecule has 2 unspecified atom stereocenters. The molecule has 0 aromatic rings. The van der Waals surface area contributed by atoms with Gasteiger partial charge < -0.3 is 0 Å². The third-order valence-electron chi connectivity index (χ3n) is 2.23. The molecule has 0 amide bonds. The third kappa shape index (κ3) is 1.24. The minimum absolute atomic E-state index is 0.874. The van der Waals surface area contributed by atoms with Crippen LogP contribution in [0.25, 0.3) is 0 Å². The zero-order valence-corrected chi connectivity index (χ0v) is 6.02. The minimum atomic E-state index is 0.874. The van der Waals surface area contributed by atoms with Crippen molar-refractivity contribution in [2.24, 2.45) is 17.8 Å². The minimum Gasteiger partial charge on any atom is -0.0625 e. The quantitative estimate of drug-likeness (QED) is 0.513. The summed E-state index contributed by atoms with van der Waals surface area (Å²) in [6, 6.07) is 0. The topological polar surface area (TPSA) is 0 Å². The van der Waals surface area contributed by atoms with E-state index in [-0.39, 0.29) is 0 Å². The Labute approximate surface area is 52.3 Å². The molecule has 1 saturated carbocycles. The van der Waals surface area contributed by atoms with Crippen LogP contribution in [0.1, 0.15) is 27.2 Å². The Morgan fingerprint density at radius 1 is 1.38 bits per heavy atom. The maximum Gasteiger partial charge on any atom is -0.0349 e. The predicted molar refractivity (Wildman–Crippen MR) is 36.4 cm³/mol. The average molecular weight is 111 g/mol. The monoisotopic (exact) mass is 111 g/mol. The Balaban J connectivity index is 2.22. The third-order valence-corrected chi connectivity index (χ3v) is 2.23. The lowest BCUT2D eigenvalue weighted by atomic mass is 9.93. The van der Waals surface area contributed by atoms with Gasteiger partial charge in [0.25, 0.3) is 0 Å². The molecule has 0 aliphatic heterocycles. The highest BCUT2D eigenvalue weighted by Gasteiger charge is 2.29. The molecule has 47 valence electrons. The van der Waals surface area contributed by atoms with E-state index in [4.69, 9.17) is 0 Å². The first-order chi connectivity index (χ1) is 3.72. The molecule has 0 heteroatoms. The van der Waals surface area contributed by atoms with E-state index in [0.717, 1.165) is 17.8 Å². The van der Waals surface area contributed by atoms with Crippen molar-refractivity contribution in [1.82, 2.24) is 0 Å². The molecule has 0 aromatic carbocycles. The van der Waals surface area contributed by atoms with E-state index in [2.05, 4.69) is 27.2 Å². The van der Waals surface area contributed by atoms with Gasteiger partial charge in [0.2, 0.25) is 0 Å². The lowest BCUT2D eigenvalue weighted by Crippen LogP contribution is -2.05. The first kappa shape index (κ1) is 6.12. The van der Waals surface area contributed by atoms with E-state index >= 15 is 0 Å². The molecule has 1 radical (unpaired) electrons. The molecule has 1 fully saturated rings. The molecule has 0 bridgehead atoms. The molecule has 0 N–H and O–H groups in total. The maximum absolute atomic E-state index is 2.41. The molecular formula is C8H15. The summed E-state index contributed by atoms with van der Waals surface area (Å²) in [7, 11) is 0. The normalized spacial score (nSPS) is 24.0. The summed E-state index contributed by atoms with van der Waals surface area (Å²) in [6.45, 7) is 6.95. The van der Waals surface area contributed by atoms with Crippen LogP contribution in [0.5, 0.6) is 0 Å². The van der Waals surface area contributed by atoms with Crippen molar-refractivity contribution in [2.45, 2.75) is 27.2 Å². The van der Waals surface area contributed by atoms with E-state index < -0.39 is 0 Å². The molecule has 0 heterocycles. The van der Waals surface area contributed by atoms with Gasteiger partial charge in [-0.1, -0.05) is 20.8 Å². The Bertz CT molecular complexity index is 68.1. The van der Waals surface area contributed by atoms with Crippen LogP contribution in [-0.4, -0.2) is 0 Å². The summed E-state index contributed by atoms with van der Waals surface area (Å²) in [5.41, 5.74) is 0. The van der Waals surface area contributed by atoms with Gasteiger partial charge in [0.1, 0.15) is 0 Å². The fourth-order valence-electron chi connectivity index (χ4n) is 1.00. The smallest absolute Gasteiger partial charge is 0.0349 e. The molecule has 0 aromatic heterocycles.